The van der Waals surface area contributed by atoms with Crippen molar-refractivity contribution >= 4 is 33.3 Å². The smallest absolute Gasteiger partial charge is 0.241 e. The molecule has 3 rings (SSSR count). The Morgan fingerprint density at radius 2 is 2.30 bits per heavy atom. The first-order chi connectivity index (χ1) is 9.59. The first-order valence-corrected chi connectivity index (χ1v) is 7.38. The molecule has 3 N–H and O–H groups in total. The quantitative estimate of drug-likeness (QED) is 0.845. The maximum absolute atomic E-state index is 11.7. The zero-order valence-corrected chi connectivity index (χ0v) is 12.3. The summed E-state index contributed by atoms with van der Waals surface area (Å²) in [4.78, 5) is 24.6. The van der Waals surface area contributed by atoms with Crippen molar-refractivity contribution in [2.75, 3.05) is 24.5 Å². The molecular weight excluding hydrogens is 274 g/mol. The van der Waals surface area contributed by atoms with E-state index < -0.39 is 0 Å². The largest absolute Gasteiger partial charge is 0.368 e. The number of hydrogen-bond acceptors (Lipinski definition) is 6. The minimum Gasteiger partial charge on any atom is -0.368 e. The molecule has 3 heterocycles. The summed E-state index contributed by atoms with van der Waals surface area (Å²) < 4.78 is 0. The summed E-state index contributed by atoms with van der Waals surface area (Å²) in [7, 11) is 0. The Balaban J connectivity index is 2.15. The molecule has 7 heteroatoms. The Labute approximate surface area is 121 Å². The van der Waals surface area contributed by atoms with Gasteiger partial charge in [0, 0.05) is 24.5 Å². The molecule has 0 spiro atoms. The lowest BCUT2D eigenvalue weighted by Gasteiger charge is -2.35. The number of nitrogens with two attached hydrogens (primary N) is 1. The Bertz CT molecular complexity index is 668. The molecule has 0 radical (unpaired) electrons. The van der Waals surface area contributed by atoms with E-state index in [-0.39, 0.29) is 11.9 Å². The van der Waals surface area contributed by atoms with Crippen LogP contribution in [-0.2, 0) is 4.79 Å². The van der Waals surface area contributed by atoms with Gasteiger partial charge in [0.2, 0.25) is 5.91 Å². The Kier molecular flexibility index (Phi) is 3.31. The molecule has 1 atom stereocenters. The van der Waals surface area contributed by atoms with Crippen LogP contribution in [0.5, 0.6) is 0 Å². The Morgan fingerprint density at radius 1 is 1.50 bits per heavy atom. The Hall–Kier alpha value is -1.73. The van der Waals surface area contributed by atoms with Gasteiger partial charge in [-0.2, -0.15) is 0 Å². The van der Waals surface area contributed by atoms with Crippen molar-refractivity contribution in [1.29, 1.82) is 0 Å². The van der Waals surface area contributed by atoms with E-state index in [4.69, 9.17) is 5.73 Å². The van der Waals surface area contributed by atoms with Gasteiger partial charge in [0.25, 0.3) is 0 Å². The van der Waals surface area contributed by atoms with Crippen molar-refractivity contribution in [3.8, 4) is 0 Å². The van der Waals surface area contributed by atoms with Gasteiger partial charge >= 0.3 is 0 Å². The summed E-state index contributed by atoms with van der Waals surface area (Å²) in [5.74, 6) is 0.496. The lowest BCUT2D eigenvalue weighted by atomic mass is 10.1. The highest BCUT2D eigenvalue weighted by atomic mass is 32.1. The molecule has 1 saturated heterocycles. The van der Waals surface area contributed by atoms with Crippen LogP contribution in [-0.4, -0.2) is 41.6 Å². The molecule has 0 saturated carbocycles. The van der Waals surface area contributed by atoms with Crippen LogP contribution >= 0.6 is 11.3 Å². The number of thiophene rings is 1. The van der Waals surface area contributed by atoms with Gasteiger partial charge in [0.1, 0.15) is 23.0 Å². The SMILES string of the molecule is Cc1sc2ncnc(N3CCNCC3C(N)=O)c2c1C. The zero-order chi connectivity index (χ0) is 14.3. The zero-order valence-electron chi connectivity index (χ0n) is 11.5. The molecule has 0 bridgehead atoms. The van der Waals surface area contributed by atoms with E-state index in [1.54, 1.807) is 17.7 Å². The first kappa shape index (κ1) is 13.3. The van der Waals surface area contributed by atoms with Gasteiger partial charge < -0.3 is 16.0 Å². The number of hydrogen-bond donors (Lipinski definition) is 2. The lowest BCUT2D eigenvalue weighted by molar-refractivity contribution is -0.119. The summed E-state index contributed by atoms with van der Waals surface area (Å²) in [5.41, 5.74) is 6.70. The molecule has 1 fully saturated rings. The van der Waals surface area contributed by atoms with Gasteiger partial charge in [0.05, 0.1) is 5.39 Å². The van der Waals surface area contributed by atoms with Crippen LogP contribution in [0.25, 0.3) is 10.2 Å². The second-order valence-electron chi connectivity index (χ2n) is 4.98. The van der Waals surface area contributed by atoms with Gasteiger partial charge in [-0.3, -0.25) is 4.79 Å². The highest BCUT2D eigenvalue weighted by Gasteiger charge is 2.29. The first-order valence-electron chi connectivity index (χ1n) is 6.57. The number of rotatable bonds is 2. The molecule has 2 aromatic heterocycles. The number of anilines is 1. The number of aromatic nitrogens is 2. The van der Waals surface area contributed by atoms with E-state index in [1.807, 2.05) is 4.90 Å². The van der Waals surface area contributed by atoms with Gasteiger partial charge in [-0.15, -0.1) is 11.3 Å². The number of nitrogens with zero attached hydrogens (tertiary/aromatic N) is 3. The number of carbonyl (C=O) groups excluding carboxylic acids is 1. The summed E-state index contributed by atoms with van der Waals surface area (Å²) in [6.45, 7) is 6.24. The van der Waals surface area contributed by atoms with Gasteiger partial charge in [-0.05, 0) is 19.4 Å². The number of primary amides is 1. The number of fused-ring (bicyclic) bond motifs is 1. The summed E-state index contributed by atoms with van der Waals surface area (Å²) in [6.07, 6.45) is 1.56. The van der Waals surface area contributed by atoms with Crippen LogP contribution < -0.4 is 16.0 Å². The third-order valence-electron chi connectivity index (χ3n) is 3.79. The molecule has 1 amide bonds. The minimum absolute atomic E-state index is 0.325. The fourth-order valence-corrected chi connectivity index (χ4v) is 3.59. The highest BCUT2D eigenvalue weighted by molar-refractivity contribution is 7.18. The third kappa shape index (κ3) is 2.03. The van der Waals surface area contributed by atoms with Gasteiger partial charge in [-0.1, -0.05) is 0 Å². The van der Waals surface area contributed by atoms with Crippen molar-refractivity contribution in [1.82, 2.24) is 15.3 Å². The molecule has 1 aliphatic heterocycles. The monoisotopic (exact) mass is 291 g/mol. The molecule has 0 aromatic carbocycles. The second kappa shape index (κ2) is 4.99. The van der Waals surface area contributed by atoms with Crippen LogP contribution in [0.15, 0.2) is 6.33 Å². The summed E-state index contributed by atoms with van der Waals surface area (Å²) in [5, 5.41) is 4.25. The molecular formula is C13H17N5OS. The molecule has 1 unspecified atom stereocenters. The Morgan fingerprint density at radius 3 is 3.05 bits per heavy atom. The van der Waals surface area contributed by atoms with E-state index in [1.165, 1.54) is 10.4 Å². The number of carbonyl (C=O) groups is 1. The maximum atomic E-state index is 11.7. The second-order valence-corrected chi connectivity index (χ2v) is 6.18. The van der Waals surface area contributed by atoms with Crippen molar-refractivity contribution in [3.63, 3.8) is 0 Å². The van der Waals surface area contributed by atoms with E-state index in [0.29, 0.717) is 13.1 Å². The van der Waals surface area contributed by atoms with Gasteiger partial charge in [0.15, 0.2) is 0 Å². The third-order valence-corrected chi connectivity index (χ3v) is 4.90. The number of amides is 1. The molecule has 0 aliphatic carbocycles. The normalized spacial score (nSPS) is 19.5. The van der Waals surface area contributed by atoms with E-state index in [2.05, 4.69) is 29.1 Å². The topological polar surface area (TPSA) is 84.1 Å². The van der Waals surface area contributed by atoms with Crippen LogP contribution in [0.3, 0.4) is 0 Å². The predicted molar refractivity (Wildman–Crippen MR) is 80.1 cm³/mol. The van der Waals surface area contributed by atoms with E-state index in [9.17, 15) is 4.79 Å². The number of piperazine rings is 1. The van der Waals surface area contributed by atoms with Crippen molar-refractivity contribution in [2.24, 2.45) is 5.73 Å². The summed E-state index contributed by atoms with van der Waals surface area (Å²) >= 11 is 1.66. The molecule has 1 aliphatic rings. The standard InChI is InChI=1S/C13H17N5OS/c1-7-8(2)20-13-10(7)12(16-6-17-13)18-4-3-15-5-9(18)11(14)19/h6,9,15H,3-5H2,1-2H3,(H2,14,19). The van der Waals surface area contributed by atoms with Crippen molar-refractivity contribution in [3.05, 3.63) is 16.8 Å². The van der Waals surface area contributed by atoms with E-state index in [0.717, 1.165) is 22.6 Å². The lowest BCUT2D eigenvalue weighted by Crippen LogP contribution is -2.57. The minimum atomic E-state index is -0.360. The van der Waals surface area contributed by atoms with Crippen molar-refractivity contribution < 1.29 is 4.79 Å². The van der Waals surface area contributed by atoms with Crippen LogP contribution in [0.2, 0.25) is 0 Å². The fraction of sp³-hybridized carbons (Fsp3) is 0.462. The highest BCUT2D eigenvalue weighted by Crippen LogP contribution is 2.34. The van der Waals surface area contributed by atoms with E-state index >= 15 is 0 Å². The molecule has 6 nitrogen and oxygen atoms in total. The number of aryl methyl sites for hydroxylation is 2. The molecule has 20 heavy (non-hydrogen) atoms. The van der Waals surface area contributed by atoms with Crippen molar-refractivity contribution in [2.45, 2.75) is 19.9 Å². The van der Waals surface area contributed by atoms with Crippen LogP contribution in [0.1, 0.15) is 10.4 Å². The fourth-order valence-electron chi connectivity index (χ4n) is 2.59. The molecule has 2 aromatic rings. The number of nitrogens with one attached hydrogen (secondary N) is 1. The molecule has 106 valence electrons. The van der Waals surface area contributed by atoms with Crippen LogP contribution in [0, 0.1) is 13.8 Å². The average Bonchev–Trinajstić information content (AvgIpc) is 2.74. The van der Waals surface area contributed by atoms with Gasteiger partial charge in [-0.25, -0.2) is 9.97 Å². The van der Waals surface area contributed by atoms with Crippen LogP contribution in [0.4, 0.5) is 5.82 Å². The summed E-state index contributed by atoms with van der Waals surface area (Å²) in [6, 6.07) is -0.360. The average molecular weight is 291 g/mol. The predicted octanol–water partition coefficient (Wildman–Crippen LogP) is 0.572. The maximum Gasteiger partial charge on any atom is 0.241 e.